The minimum atomic E-state index is -0.953. The molecular formula is C19H17NO3. The van der Waals surface area contributed by atoms with Crippen molar-refractivity contribution in [3.05, 3.63) is 65.4 Å². The van der Waals surface area contributed by atoms with Crippen LogP contribution in [-0.4, -0.2) is 20.7 Å². The minimum absolute atomic E-state index is 0.174. The lowest BCUT2D eigenvalue weighted by Gasteiger charge is -2.10. The van der Waals surface area contributed by atoms with Crippen molar-refractivity contribution in [3.63, 3.8) is 0 Å². The van der Waals surface area contributed by atoms with Crippen LogP contribution in [0.5, 0.6) is 5.75 Å². The quantitative estimate of drug-likeness (QED) is 0.751. The highest BCUT2D eigenvalue weighted by Gasteiger charge is 2.21. The number of rotatable bonds is 3. The van der Waals surface area contributed by atoms with Gasteiger partial charge in [-0.3, -0.25) is 0 Å². The zero-order valence-corrected chi connectivity index (χ0v) is 12.9. The van der Waals surface area contributed by atoms with E-state index in [4.69, 9.17) is 0 Å². The summed E-state index contributed by atoms with van der Waals surface area (Å²) in [5, 5.41) is 19.9. The van der Waals surface area contributed by atoms with E-state index in [0.717, 1.165) is 16.8 Å². The Labute approximate surface area is 133 Å². The molecule has 3 rings (SSSR count). The summed E-state index contributed by atoms with van der Waals surface area (Å²) in [4.78, 5) is 11.8. The molecule has 0 spiro atoms. The van der Waals surface area contributed by atoms with E-state index in [2.05, 4.69) is 0 Å². The second-order valence-electron chi connectivity index (χ2n) is 5.66. The number of hydrogen-bond donors (Lipinski definition) is 2. The number of fused-ring (bicyclic) bond motifs is 1. The number of aromatic nitrogens is 1. The molecule has 4 heteroatoms. The average Bonchev–Trinajstić information content (AvgIpc) is 2.81. The molecule has 0 radical (unpaired) electrons. The second kappa shape index (κ2) is 5.65. The van der Waals surface area contributed by atoms with Crippen molar-refractivity contribution in [2.75, 3.05) is 0 Å². The maximum absolute atomic E-state index is 11.8. The normalized spacial score (nSPS) is 10.7. The van der Waals surface area contributed by atoms with Gasteiger partial charge in [0, 0.05) is 11.1 Å². The molecular weight excluding hydrogens is 290 g/mol. The van der Waals surface area contributed by atoms with Gasteiger partial charge in [0.2, 0.25) is 0 Å². The number of carboxylic acids is 1. The molecule has 1 heterocycles. The Balaban J connectivity index is 2.46. The van der Waals surface area contributed by atoms with E-state index in [9.17, 15) is 15.0 Å². The summed E-state index contributed by atoms with van der Waals surface area (Å²) >= 11 is 0. The van der Waals surface area contributed by atoms with Gasteiger partial charge in [-0.1, -0.05) is 23.8 Å². The first kappa shape index (κ1) is 14.9. The Morgan fingerprint density at radius 2 is 1.70 bits per heavy atom. The number of phenols is 1. The van der Waals surface area contributed by atoms with Gasteiger partial charge in [0.05, 0.1) is 16.8 Å². The summed E-state index contributed by atoms with van der Waals surface area (Å²) in [6.45, 7) is 3.87. The molecule has 0 saturated heterocycles. The van der Waals surface area contributed by atoms with Gasteiger partial charge in [-0.05, 0) is 50.3 Å². The lowest BCUT2D eigenvalue weighted by atomic mass is 10.1. The van der Waals surface area contributed by atoms with Crippen LogP contribution in [0.15, 0.2) is 54.1 Å². The van der Waals surface area contributed by atoms with Crippen molar-refractivity contribution in [1.82, 2.24) is 4.57 Å². The van der Waals surface area contributed by atoms with E-state index in [1.165, 1.54) is 0 Å². The fraction of sp³-hybridized carbons (Fsp3) is 0.105. The first-order valence-corrected chi connectivity index (χ1v) is 7.30. The van der Waals surface area contributed by atoms with E-state index in [1.54, 1.807) is 24.3 Å². The highest BCUT2D eigenvalue weighted by Crippen LogP contribution is 2.31. The highest BCUT2D eigenvalue weighted by molar-refractivity contribution is 6.07. The molecule has 0 atom stereocenters. The van der Waals surface area contributed by atoms with E-state index in [0.29, 0.717) is 11.1 Å². The predicted octanol–water partition coefficient (Wildman–Crippen LogP) is 4.46. The first-order valence-electron chi connectivity index (χ1n) is 7.30. The molecule has 2 N–H and O–H groups in total. The second-order valence-corrected chi connectivity index (χ2v) is 5.66. The van der Waals surface area contributed by atoms with Crippen molar-refractivity contribution in [2.24, 2.45) is 0 Å². The largest absolute Gasteiger partial charge is 0.508 e. The summed E-state index contributed by atoms with van der Waals surface area (Å²) in [6.07, 6.45) is 1.87. The molecule has 0 unspecified atom stereocenters. The number of benzene rings is 2. The molecule has 3 aromatic rings. The molecule has 0 fully saturated rings. The maximum Gasteiger partial charge on any atom is 0.338 e. The third-order valence-corrected chi connectivity index (χ3v) is 3.66. The molecule has 116 valence electrons. The molecule has 0 aliphatic heterocycles. The topological polar surface area (TPSA) is 62.5 Å². The standard InChI is InChI=1S/C19H17NO3/c1-12(2)11-17-18(19(22)23)15-5-3-4-6-16(15)20(17)13-7-9-14(21)10-8-13/h3-11,21H,1-2H3,(H,22,23). The van der Waals surface area contributed by atoms with E-state index in [-0.39, 0.29) is 11.3 Å². The highest BCUT2D eigenvalue weighted by atomic mass is 16.4. The fourth-order valence-electron chi connectivity index (χ4n) is 2.77. The van der Waals surface area contributed by atoms with Crippen LogP contribution >= 0.6 is 0 Å². The molecule has 0 bridgehead atoms. The number of allylic oxidation sites excluding steroid dienone is 1. The monoisotopic (exact) mass is 307 g/mol. The van der Waals surface area contributed by atoms with Gasteiger partial charge < -0.3 is 14.8 Å². The van der Waals surface area contributed by atoms with Crippen LogP contribution in [0.4, 0.5) is 0 Å². The Morgan fingerprint density at radius 3 is 2.30 bits per heavy atom. The van der Waals surface area contributed by atoms with Gasteiger partial charge in [0.1, 0.15) is 5.75 Å². The Hall–Kier alpha value is -3.01. The lowest BCUT2D eigenvalue weighted by Crippen LogP contribution is -2.02. The summed E-state index contributed by atoms with van der Waals surface area (Å²) < 4.78 is 1.91. The third-order valence-electron chi connectivity index (χ3n) is 3.66. The van der Waals surface area contributed by atoms with E-state index in [1.807, 2.05) is 48.8 Å². The van der Waals surface area contributed by atoms with Crippen molar-refractivity contribution < 1.29 is 15.0 Å². The van der Waals surface area contributed by atoms with E-state index < -0.39 is 5.97 Å². The average molecular weight is 307 g/mol. The molecule has 23 heavy (non-hydrogen) atoms. The Morgan fingerprint density at radius 1 is 1.04 bits per heavy atom. The van der Waals surface area contributed by atoms with Crippen LogP contribution in [0.25, 0.3) is 22.7 Å². The maximum atomic E-state index is 11.8. The van der Waals surface area contributed by atoms with Gasteiger partial charge in [0.25, 0.3) is 0 Å². The molecule has 0 aliphatic rings. The summed E-state index contributed by atoms with van der Waals surface area (Å²) in [5.41, 5.74) is 3.55. The van der Waals surface area contributed by atoms with Crippen LogP contribution in [0.3, 0.4) is 0 Å². The number of aromatic carboxylic acids is 1. The molecule has 4 nitrogen and oxygen atoms in total. The van der Waals surface area contributed by atoms with Crippen molar-refractivity contribution in [1.29, 1.82) is 0 Å². The molecule has 0 aliphatic carbocycles. The third kappa shape index (κ3) is 2.59. The number of nitrogens with zero attached hydrogens (tertiary/aromatic N) is 1. The molecule has 2 aromatic carbocycles. The van der Waals surface area contributed by atoms with Crippen LogP contribution in [0, 0.1) is 0 Å². The first-order chi connectivity index (χ1) is 11.0. The van der Waals surface area contributed by atoms with Gasteiger partial charge in [-0.2, -0.15) is 0 Å². The fourth-order valence-corrected chi connectivity index (χ4v) is 2.77. The Bertz CT molecular complexity index is 914. The SMILES string of the molecule is CC(C)=Cc1c(C(=O)O)c2ccccc2n1-c1ccc(O)cc1. The predicted molar refractivity (Wildman–Crippen MR) is 91.2 cm³/mol. The number of carbonyl (C=O) groups is 1. The van der Waals surface area contributed by atoms with Gasteiger partial charge in [-0.15, -0.1) is 0 Å². The van der Waals surface area contributed by atoms with Gasteiger partial charge >= 0.3 is 5.97 Å². The number of para-hydroxylation sites is 1. The van der Waals surface area contributed by atoms with Crippen LogP contribution < -0.4 is 0 Å². The minimum Gasteiger partial charge on any atom is -0.508 e. The molecule has 1 aromatic heterocycles. The van der Waals surface area contributed by atoms with Crippen LogP contribution in [0.1, 0.15) is 29.9 Å². The Kier molecular flexibility index (Phi) is 3.66. The van der Waals surface area contributed by atoms with Crippen LogP contribution in [0.2, 0.25) is 0 Å². The lowest BCUT2D eigenvalue weighted by molar-refractivity contribution is 0.0698. The zero-order valence-electron chi connectivity index (χ0n) is 12.9. The van der Waals surface area contributed by atoms with Crippen LogP contribution in [-0.2, 0) is 0 Å². The summed E-state index contributed by atoms with van der Waals surface area (Å²) in [7, 11) is 0. The smallest absolute Gasteiger partial charge is 0.338 e. The number of aromatic hydroxyl groups is 1. The number of hydrogen-bond acceptors (Lipinski definition) is 2. The molecule has 0 saturated carbocycles. The summed E-state index contributed by atoms with van der Waals surface area (Å²) in [5.74, 6) is -0.779. The van der Waals surface area contributed by atoms with Crippen molar-refractivity contribution >= 4 is 22.9 Å². The van der Waals surface area contributed by atoms with Gasteiger partial charge in [-0.25, -0.2) is 4.79 Å². The molecule has 0 amide bonds. The van der Waals surface area contributed by atoms with Crippen molar-refractivity contribution in [2.45, 2.75) is 13.8 Å². The number of carboxylic acid groups (broad SMARTS) is 1. The number of phenolic OH excluding ortho intramolecular Hbond substituents is 1. The van der Waals surface area contributed by atoms with Crippen molar-refractivity contribution in [3.8, 4) is 11.4 Å². The zero-order chi connectivity index (χ0) is 16.6. The van der Waals surface area contributed by atoms with Gasteiger partial charge in [0.15, 0.2) is 0 Å². The summed E-state index contributed by atoms with van der Waals surface area (Å²) in [6, 6.07) is 14.2. The van der Waals surface area contributed by atoms with E-state index >= 15 is 0 Å².